The Morgan fingerprint density at radius 2 is 1.93 bits per heavy atom. The molecule has 0 atom stereocenters. The second-order valence-corrected chi connectivity index (χ2v) is 3.39. The number of anilines is 2. The van der Waals surface area contributed by atoms with Crippen LogP contribution in [-0.2, 0) is 0 Å². The molecular weight excluding hydrogens is 186 g/mol. The van der Waals surface area contributed by atoms with E-state index in [1.165, 1.54) is 0 Å². The van der Waals surface area contributed by atoms with E-state index in [-0.39, 0.29) is 0 Å². The van der Waals surface area contributed by atoms with Gasteiger partial charge >= 0.3 is 0 Å². The van der Waals surface area contributed by atoms with Gasteiger partial charge in [0.05, 0.1) is 17.2 Å². The van der Waals surface area contributed by atoms with E-state index in [0.717, 1.165) is 30.2 Å². The van der Waals surface area contributed by atoms with Crippen LogP contribution in [0.15, 0.2) is 29.3 Å². The number of hydrogen-bond acceptors (Lipinski definition) is 2. The van der Waals surface area contributed by atoms with E-state index in [2.05, 4.69) is 22.5 Å². The van der Waals surface area contributed by atoms with E-state index >= 15 is 0 Å². The quantitative estimate of drug-likeness (QED) is 0.585. The van der Waals surface area contributed by atoms with E-state index in [0.29, 0.717) is 0 Å². The van der Waals surface area contributed by atoms with Crippen LogP contribution in [0.1, 0.15) is 20.3 Å². The summed E-state index contributed by atoms with van der Waals surface area (Å²) in [5.41, 5.74) is 2.15. The molecule has 0 aromatic heterocycles. The van der Waals surface area contributed by atoms with Gasteiger partial charge in [0, 0.05) is 13.6 Å². The first-order valence-electron chi connectivity index (χ1n) is 5.32. The molecule has 82 valence electrons. The van der Waals surface area contributed by atoms with Gasteiger partial charge in [0.15, 0.2) is 0 Å². The molecule has 15 heavy (non-hydrogen) atoms. The monoisotopic (exact) mass is 205 g/mol. The molecule has 3 nitrogen and oxygen atoms in total. The minimum absolute atomic E-state index is 0.876. The van der Waals surface area contributed by atoms with Crippen molar-refractivity contribution in [3.63, 3.8) is 0 Å². The number of para-hydroxylation sites is 2. The van der Waals surface area contributed by atoms with E-state index in [1.807, 2.05) is 38.2 Å². The van der Waals surface area contributed by atoms with Gasteiger partial charge in [-0.2, -0.15) is 0 Å². The molecule has 0 aliphatic carbocycles. The van der Waals surface area contributed by atoms with Crippen molar-refractivity contribution < 1.29 is 0 Å². The van der Waals surface area contributed by atoms with Crippen molar-refractivity contribution in [2.75, 3.05) is 24.2 Å². The van der Waals surface area contributed by atoms with Crippen LogP contribution in [0.2, 0.25) is 0 Å². The highest BCUT2D eigenvalue weighted by Gasteiger charge is 1.98. The third kappa shape index (κ3) is 3.62. The molecule has 0 fully saturated rings. The highest BCUT2D eigenvalue weighted by Crippen LogP contribution is 2.19. The zero-order valence-electron chi connectivity index (χ0n) is 9.67. The van der Waals surface area contributed by atoms with Gasteiger partial charge in [-0.05, 0) is 25.5 Å². The highest BCUT2D eigenvalue weighted by atomic mass is 15.0. The van der Waals surface area contributed by atoms with E-state index in [1.54, 1.807) is 0 Å². The Morgan fingerprint density at radius 3 is 2.53 bits per heavy atom. The number of hydrogen-bond donors (Lipinski definition) is 2. The van der Waals surface area contributed by atoms with Crippen LogP contribution in [0.3, 0.4) is 0 Å². The first kappa shape index (κ1) is 11.6. The highest BCUT2D eigenvalue weighted by molar-refractivity contribution is 5.96. The Hall–Kier alpha value is -1.51. The fraction of sp³-hybridized carbons (Fsp3) is 0.417. The molecule has 0 unspecified atom stereocenters. The molecule has 0 bridgehead atoms. The zero-order chi connectivity index (χ0) is 11.1. The van der Waals surface area contributed by atoms with E-state index in [4.69, 9.17) is 0 Å². The van der Waals surface area contributed by atoms with Crippen molar-refractivity contribution in [2.45, 2.75) is 20.3 Å². The minimum atomic E-state index is 0.876. The normalized spacial score (nSPS) is 11.3. The van der Waals surface area contributed by atoms with Crippen LogP contribution in [0, 0.1) is 0 Å². The van der Waals surface area contributed by atoms with Gasteiger partial charge in [0.25, 0.3) is 0 Å². The number of nitrogens with one attached hydrogen (secondary N) is 2. The Bertz CT molecular complexity index is 331. The summed E-state index contributed by atoms with van der Waals surface area (Å²) in [6.07, 6.45) is 1.08. The van der Waals surface area contributed by atoms with Gasteiger partial charge < -0.3 is 10.6 Å². The topological polar surface area (TPSA) is 36.4 Å². The molecule has 3 heteroatoms. The fourth-order valence-electron chi connectivity index (χ4n) is 1.32. The lowest BCUT2D eigenvalue weighted by Gasteiger charge is -2.10. The second kappa shape index (κ2) is 6.06. The third-order valence-electron chi connectivity index (χ3n) is 2.08. The van der Waals surface area contributed by atoms with Crippen molar-refractivity contribution in [3.05, 3.63) is 24.3 Å². The van der Waals surface area contributed by atoms with Crippen molar-refractivity contribution in [2.24, 2.45) is 4.99 Å². The fourth-order valence-corrected chi connectivity index (χ4v) is 1.32. The van der Waals surface area contributed by atoms with Crippen molar-refractivity contribution in [1.29, 1.82) is 0 Å². The molecule has 1 aromatic rings. The standard InChI is InChI=1S/C12H19N3/c1-4-9-14-10(2)15-12-8-6-5-7-11(12)13-3/h5-8,13H,4,9H2,1-3H3,(H,14,15). The lowest BCUT2D eigenvalue weighted by atomic mass is 10.2. The van der Waals surface area contributed by atoms with Crippen molar-refractivity contribution in [1.82, 2.24) is 0 Å². The van der Waals surface area contributed by atoms with E-state index in [9.17, 15) is 0 Å². The summed E-state index contributed by atoms with van der Waals surface area (Å²) in [5.74, 6) is 0.958. The van der Waals surface area contributed by atoms with Gasteiger partial charge in [-0.3, -0.25) is 4.99 Å². The average Bonchev–Trinajstić information content (AvgIpc) is 2.27. The molecule has 0 spiro atoms. The summed E-state index contributed by atoms with van der Waals surface area (Å²) in [7, 11) is 1.92. The maximum absolute atomic E-state index is 4.39. The summed E-state index contributed by atoms with van der Waals surface area (Å²) in [6, 6.07) is 8.10. The van der Waals surface area contributed by atoms with Crippen LogP contribution >= 0.6 is 0 Å². The molecule has 0 amide bonds. The SMILES string of the molecule is CCCN=C(C)Nc1ccccc1NC. The molecular formula is C12H19N3. The van der Waals surface area contributed by atoms with E-state index < -0.39 is 0 Å². The smallest absolute Gasteiger partial charge is 0.0976 e. The Balaban J connectivity index is 2.71. The lowest BCUT2D eigenvalue weighted by molar-refractivity contribution is 0.931. The number of nitrogens with zero attached hydrogens (tertiary/aromatic N) is 1. The molecule has 0 saturated carbocycles. The van der Waals surface area contributed by atoms with Gasteiger partial charge in [0.1, 0.15) is 0 Å². The van der Waals surface area contributed by atoms with Crippen LogP contribution in [0.25, 0.3) is 0 Å². The number of aliphatic imine (C=N–C) groups is 1. The largest absolute Gasteiger partial charge is 0.386 e. The molecule has 0 aliphatic heterocycles. The van der Waals surface area contributed by atoms with Crippen LogP contribution in [0.4, 0.5) is 11.4 Å². The lowest BCUT2D eigenvalue weighted by Crippen LogP contribution is -2.09. The summed E-state index contributed by atoms with van der Waals surface area (Å²) < 4.78 is 0. The maximum Gasteiger partial charge on any atom is 0.0976 e. The van der Waals surface area contributed by atoms with Gasteiger partial charge in [0.2, 0.25) is 0 Å². The van der Waals surface area contributed by atoms with Crippen LogP contribution in [0.5, 0.6) is 0 Å². The summed E-state index contributed by atoms with van der Waals surface area (Å²) in [5, 5.41) is 6.42. The molecule has 0 aliphatic rings. The predicted molar refractivity (Wildman–Crippen MR) is 67.9 cm³/mol. The summed E-state index contributed by atoms with van der Waals surface area (Å²) in [6.45, 7) is 4.99. The molecule has 1 rings (SSSR count). The van der Waals surface area contributed by atoms with Crippen LogP contribution in [-0.4, -0.2) is 19.4 Å². The first-order chi connectivity index (χ1) is 7.27. The zero-order valence-corrected chi connectivity index (χ0v) is 9.67. The average molecular weight is 205 g/mol. The third-order valence-corrected chi connectivity index (χ3v) is 2.08. The van der Waals surface area contributed by atoms with Gasteiger partial charge in [-0.15, -0.1) is 0 Å². The second-order valence-electron chi connectivity index (χ2n) is 3.39. The summed E-state index contributed by atoms with van der Waals surface area (Å²) >= 11 is 0. The number of benzene rings is 1. The Kier molecular flexibility index (Phi) is 4.68. The van der Waals surface area contributed by atoms with Gasteiger partial charge in [-0.25, -0.2) is 0 Å². The van der Waals surface area contributed by atoms with Crippen molar-refractivity contribution >= 4 is 17.2 Å². The molecule has 0 radical (unpaired) electrons. The minimum Gasteiger partial charge on any atom is -0.386 e. The Labute approximate surface area is 91.6 Å². The Morgan fingerprint density at radius 1 is 1.27 bits per heavy atom. The first-order valence-corrected chi connectivity index (χ1v) is 5.32. The molecule has 0 saturated heterocycles. The molecule has 1 aromatic carbocycles. The maximum atomic E-state index is 4.39. The van der Waals surface area contributed by atoms with Crippen LogP contribution < -0.4 is 10.6 Å². The van der Waals surface area contributed by atoms with Crippen molar-refractivity contribution in [3.8, 4) is 0 Å². The summed E-state index contributed by atoms with van der Waals surface area (Å²) in [4.78, 5) is 4.39. The predicted octanol–water partition coefficient (Wildman–Crippen LogP) is 2.97. The van der Waals surface area contributed by atoms with Gasteiger partial charge in [-0.1, -0.05) is 19.1 Å². The number of amidine groups is 1. The number of rotatable bonds is 4. The molecule has 2 N–H and O–H groups in total. The molecule has 0 heterocycles.